The van der Waals surface area contributed by atoms with Crippen LogP contribution in [0.15, 0.2) is 35.3 Å². The third kappa shape index (κ3) is 2.43. The monoisotopic (exact) mass is 239 g/mol. The Morgan fingerprint density at radius 1 is 1.17 bits per heavy atom. The summed E-state index contributed by atoms with van der Waals surface area (Å²) >= 11 is 0. The van der Waals surface area contributed by atoms with E-state index >= 15 is 0 Å². The highest BCUT2D eigenvalue weighted by Gasteiger charge is 2.10. The van der Waals surface area contributed by atoms with Crippen LogP contribution in [-0.2, 0) is 0 Å². The smallest absolute Gasteiger partial charge is 0.227 e. The predicted octanol–water partition coefficient (Wildman–Crippen LogP) is 4.63. The van der Waals surface area contributed by atoms with Crippen molar-refractivity contribution in [3.63, 3.8) is 0 Å². The van der Waals surface area contributed by atoms with E-state index in [2.05, 4.69) is 43.6 Å². The van der Waals surface area contributed by atoms with Crippen molar-refractivity contribution in [2.45, 2.75) is 20.8 Å². The first kappa shape index (κ1) is 12.4. The zero-order valence-corrected chi connectivity index (χ0v) is 11.0. The van der Waals surface area contributed by atoms with Crippen LogP contribution in [0.25, 0.3) is 23.6 Å². The Labute approximate surface area is 108 Å². The molecule has 2 nitrogen and oxygen atoms in total. The number of allylic oxidation sites excluding steroid dienone is 1. The molecule has 0 aliphatic rings. The van der Waals surface area contributed by atoms with E-state index in [-0.39, 0.29) is 0 Å². The van der Waals surface area contributed by atoms with E-state index in [0.29, 0.717) is 11.7 Å². The molecule has 92 valence electrons. The second kappa shape index (κ2) is 5.05. The number of oxazole rings is 1. The van der Waals surface area contributed by atoms with Crippen molar-refractivity contribution in [2.75, 3.05) is 0 Å². The molecular formula is C16H17NO. The number of hydrogen-bond acceptors (Lipinski definition) is 2. The molecular weight excluding hydrogens is 222 g/mol. The summed E-state index contributed by atoms with van der Waals surface area (Å²) in [6.07, 6.45) is 5.55. The van der Waals surface area contributed by atoms with Crippen LogP contribution in [-0.4, -0.2) is 4.98 Å². The SMILES string of the molecule is C=Cc1oc(-c2cc(C)cc(C)c2)nc1/C=C\C. The van der Waals surface area contributed by atoms with Crippen molar-refractivity contribution in [1.82, 2.24) is 4.98 Å². The fraction of sp³-hybridized carbons (Fsp3) is 0.188. The van der Waals surface area contributed by atoms with E-state index in [9.17, 15) is 0 Å². The van der Waals surface area contributed by atoms with Crippen molar-refractivity contribution in [2.24, 2.45) is 0 Å². The van der Waals surface area contributed by atoms with Crippen LogP contribution in [0.2, 0.25) is 0 Å². The molecule has 2 rings (SSSR count). The summed E-state index contributed by atoms with van der Waals surface area (Å²) in [4.78, 5) is 4.50. The van der Waals surface area contributed by atoms with Gasteiger partial charge in [-0.2, -0.15) is 0 Å². The molecule has 0 aliphatic carbocycles. The molecule has 0 bridgehead atoms. The van der Waals surface area contributed by atoms with Crippen LogP contribution in [0.3, 0.4) is 0 Å². The van der Waals surface area contributed by atoms with E-state index < -0.39 is 0 Å². The van der Waals surface area contributed by atoms with E-state index in [0.717, 1.165) is 11.3 Å². The second-order valence-electron chi connectivity index (χ2n) is 4.35. The first-order valence-corrected chi connectivity index (χ1v) is 5.98. The van der Waals surface area contributed by atoms with E-state index in [1.54, 1.807) is 6.08 Å². The molecule has 0 unspecified atom stereocenters. The summed E-state index contributed by atoms with van der Waals surface area (Å²) in [6, 6.07) is 6.28. The van der Waals surface area contributed by atoms with Crippen LogP contribution >= 0.6 is 0 Å². The van der Waals surface area contributed by atoms with Gasteiger partial charge in [0, 0.05) is 5.56 Å². The summed E-state index contributed by atoms with van der Waals surface area (Å²) in [5.74, 6) is 1.35. The molecule has 0 saturated heterocycles. The number of rotatable bonds is 3. The van der Waals surface area contributed by atoms with E-state index in [1.165, 1.54) is 11.1 Å². The summed E-state index contributed by atoms with van der Waals surface area (Å²) in [7, 11) is 0. The molecule has 1 heterocycles. The molecule has 18 heavy (non-hydrogen) atoms. The lowest BCUT2D eigenvalue weighted by Gasteiger charge is -2.00. The first-order chi connectivity index (χ1) is 8.63. The van der Waals surface area contributed by atoms with Crippen LogP contribution in [0, 0.1) is 13.8 Å². The molecule has 2 heteroatoms. The molecule has 0 fully saturated rings. The molecule has 0 aliphatic heterocycles. The average molecular weight is 239 g/mol. The highest BCUT2D eigenvalue weighted by atomic mass is 16.4. The minimum atomic E-state index is 0.643. The molecule has 2 aromatic rings. The van der Waals surface area contributed by atoms with Crippen LogP contribution < -0.4 is 0 Å². The Balaban J connectivity index is 2.53. The fourth-order valence-corrected chi connectivity index (χ4v) is 1.99. The highest BCUT2D eigenvalue weighted by Crippen LogP contribution is 2.25. The standard InChI is InChI=1S/C16H17NO/c1-5-7-14-15(6-2)18-16(17-14)13-9-11(3)8-12(4)10-13/h5-10H,2H2,1,3-4H3/b7-5-. The van der Waals surface area contributed by atoms with Crippen molar-refractivity contribution < 1.29 is 4.42 Å². The topological polar surface area (TPSA) is 26.0 Å². The Bertz CT molecular complexity index is 585. The van der Waals surface area contributed by atoms with Gasteiger partial charge in [0.1, 0.15) is 5.69 Å². The molecule has 0 saturated carbocycles. The minimum absolute atomic E-state index is 0.643. The number of nitrogens with zero attached hydrogens (tertiary/aromatic N) is 1. The molecule has 0 amide bonds. The zero-order valence-electron chi connectivity index (χ0n) is 11.0. The molecule has 0 atom stereocenters. The second-order valence-corrected chi connectivity index (χ2v) is 4.35. The lowest BCUT2D eigenvalue weighted by Crippen LogP contribution is -1.83. The van der Waals surface area contributed by atoms with Gasteiger partial charge in [-0.1, -0.05) is 29.8 Å². The Morgan fingerprint density at radius 3 is 2.39 bits per heavy atom. The lowest BCUT2D eigenvalue weighted by molar-refractivity contribution is 0.564. The quantitative estimate of drug-likeness (QED) is 0.780. The number of benzene rings is 1. The van der Waals surface area contributed by atoms with Crippen molar-refractivity contribution in [3.05, 3.63) is 53.4 Å². The summed E-state index contributed by atoms with van der Waals surface area (Å²) in [6.45, 7) is 9.84. The Hall–Kier alpha value is -2.09. The first-order valence-electron chi connectivity index (χ1n) is 5.98. The highest BCUT2D eigenvalue weighted by molar-refractivity contribution is 5.63. The lowest BCUT2D eigenvalue weighted by atomic mass is 10.1. The number of hydrogen-bond donors (Lipinski definition) is 0. The van der Waals surface area contributed by atoms with Gasteiger partial charge >= 0.3 is 0 Å². The summed E-state index contributed by atoms with van der Waals surface area (Å²) in [5.41, 5.74) is 4.24. The van der Waals surface area contributed by atoms with Crippen molar-refractivity contribution in [3.8, 4) is 11.5 Å². The van der Waals surface area contributed by atoms with Crippen LogP contribution in [0.5, 0.6) is 0 Å². The van der Waals surface area contributed by atoms with E-state index in [1.807, 2.05) is 19.1 Å². The third-order valence-electron chi connectivity index (χ3n) is 2.66. The minimum Gasteiger partial charge on any atom is -0.436 e. The largest absolute Gasteiger partial charge is 0.436 e. The normalized spacial score (nSPS) is 11.1. The van der Waals surface area contributed by atoms with E-state index in [4.69, 9.17) is 4.42 Å². The maximum atomic E-state index is 5.73. The molecule has 0 N–H and O–H groups in total. The molecule has 1 aromatic carbocycles. The van der Waals surface area contributed by atoms with Crippen molar-refractivity contribution >= 4 is 12.2 Å². The van der Waals surface area contributed by atoms with Crippen LogP contribution in [0.1, 0.15) is 29.5 Å². The van der Waals surface area contributed by atoms with Gasteiger partial charge in [0.2, 0.25) is 5.89 Å². The molecule has 0 radical (unpaired) electrons. The van der Waals surface area contributed by atoms with Gasteiger partial charge in [-0.25, -0.2) is 4.98 Å². The summed E-state index contributed by atoms with van der Waals surface area (Å²) in [5, 5.41) is 0. The third-order valence-corrected chi connectivity index (χ3v) is 2.66. The van der Waals surface area contributed by atoms with Gasteiger partial charge in [-0.15, -0.1) is 0 Å². The maximum absolute atomic E-state index is 5.73. The van der Waals surface area contributed by atoms with Crippen molar-refractivity contribution in [1.29, 1.82) is 0 Å². The summed E-state index contributed by atoms with van der Waals surface area (Å²) < 4.78 is 5.73. The van der Waals surface area contributed by atoms with Gasteiger partial charge in [0.25, 0.3) is 0 Å². The van der Waals surface area contributed by atoms with Gasteiger partial charge in [0.15, 0.2) is 5.76 Å². The fourth-order valence-electron chi connectivity index (χ4n) is 1.99. The van der Waals surface area contributed by atoms with Gasteiger partial charge in [0.05, 0.1) is 0 Å². The maximum Gasteiger partial charge on any atom is 0.227 e. The number of aryl methyl sites for hydroxylation is 2. The predicted molar refractivity (Wildman–Crippen MR) is 76.2 cm³/mol. The van der Waals surface area contributed by atoms with Gasteiger partial charge < -0.3 is 4.42 Å². The average Bonchev–Trinajstić information content (AvgIpc) is 2.71. The number of aromatic nitrogens is 1. The zero-order chi connectivity index (χ0) is 13.1. The molecule has 1 aromatic heterocycles. The van der Waals surface area contributed by atoms with Gasteiger partial charge in [-0.3, -0.25) is 0 Å². The Kier molecular flexibility index (Phi) is 3.47. The molecule has 0 spiro atoms. The van der Waals surface area contributed by atoms with Gasteiger partial charge in [-0.05, 0) is 45.1 Å². The van der Waals surface area contributed by atoms with Crippen LogP contribution in [0.4, 0.5) is 0 Å². The Morgan fingerprint density at radius 2 is 1.83 bits per heavy atom.